The molecule has 4 rings (SSSR count). The number of benzene rings is 1. The number of ether oxygens (including phenoxy) is 1. The summed E-state index contributed by atoms with van der Waals surface area (Å²) in [5.74, 6) is -0.190. The molecule has 0 aliphatic carbocycles. The van der Waals surface area contributed by atoms with Gasteiger partial charge in [0.15, 0.2) is 5.11 Å². The first-order valence-electron chi connectivity index (χ1n) is 9.10. The predicted molar refractivity (Wildman–Crippen MR) is 119 cm³/mol. The van der Waals surface area contributed by atoms with E-state index in [-0.39, 0.29) is 24.6 Å². The molecule has 2 N–H and O–H groups in total. The molecular weight excluding hydrogens is 404 g/mol. The molecule has 2 aromatic heterocycles. The molecular formula is C21H20N4O2S2. The van der Waals surface area contributed by atoms with E-state index >= 15 is 0 Å². The molecule has 1 aliphatic rings. The normalized spacial score (nSPS) is 18.5. The fraction of sp³-hybridized carbons (Fsp3) is 0.190. The molecule has 0 unspecified atom stereocenters. The van der Waals surface area contributed by atoms with E-state index in [4.69, 9.17) is 17.0 Å². The average Bonchev–Trinajstić information content (AvgIpc) is 3.37. The second-order valence-electron chi connectivity index (χ2n) is 6.54. The van der Waals surface area contributed by atoms with Crippen molar-refractivity contribution in [2.24, 2.45) is 0 Å². The van der Waals surface area contributed by atoms with Gasteiger partial charge < -0.3 is 20.3 Å². The number of anilines is 2. The van der Waals surface area contributed by atoms with E-state index in [1.807, 2.05) is 48.5 Å². The first-order chi connectivity index (χ1) is 14.2. The van der Waals surface area contributed by atoms with Gasteiger partial charge in [-0.25, -0.2) is 0 Å². The van der Waals surface area contributed by atoms with Crippen LogP contribution >= 0.6 is 23.6 Å². The molecule has 8 heteroatoms. The van der Waals surface area contributed by atoms with Crippen LogP contribution in [0.4, 0.5) is 11.4 Å². The third-order valence-electron chi connectivity index (χ3n) is 4.64. The molecule has 3 heterocycles. The predicted octanol–water partition coefficient (Wildman–Crippen LogP) is 3.91. The molecule has 6 nitrogen and oxygen atoms in total. The summed E-state index contributed by atoms with van der Waals surface area (Å²) >= 11 is 7.39. The number of carbonyl (C=O) groups is 1. The van der Waals surface area contributed by atoms with Crippen LogP contribution in [0.5, 0.6) is 0 Å². The van der Waals surface area contributed by atoms with E-state index in [9.17, 15) is 4.79 Å². The number of carbonyl (C=O) groups excluding carboxylic acids is 1. The number of nitrogens with one attached hydrogen (secondary N) is 2. The number of aromatic nitrogens is 1. The van der Waals surface area contributed by atoms with E-state index in [0.717, 1.165) is 11.4 Å². The second-order valence-corrected chi connectivity index (χ2v) is 7.91. The first kappa shape index (κ1) is 19.5. The van der Waals surface area contributed by atoms with Crippen LogP contribution in [0.15, 0.2) is 66.2 Å². The first-order valence-corrected chi connectivity index (χ1v) is 10.4. The monoisotopic (exact) mass is 424 g/mol. The molecule has 1 aromatic carbocycles. The van der Waals surface area contributed by atoms with Gasteiger partial charge in [0.2, 0.25) is 5.91 Å². The number of thiocarbonyl (C=S) groups is 1. The maximum absolute atomic E-state index is 11.7. The van der Waals surface area contributed by atoms with Crippen LogP contribution in [-0.4, -0.2) is 29.7 Å². The van der Waals surface area contributed by atoms with Crippen molar-refractivity contribution < 1.29 is 9.53 Å². The summed E-state index contributed by atoms with van der Waals surface area (Å²) in [6.45, 7) is 0.0219. The fourth-order valence-corrected chi connectivity index (χ4v) is 4.61. The Balaban J connectivity index is 1.65. The zero-order chi connectivity index (χ0) is 20.2. The molecule has 1 aliphatic heterocycles. The minimum Gasteiger partial charge on any atom is -0.375 e. The van der Waals surface area contributed by atoms with Gasteiger partial charge in [-0.3, -0.25) is 9.78 Å². The van der Waals surface area contributed by atoms with Crippen LogP contribution in [0, 0.1) is 0 Å². The van der Waals surface area contributed by atoms with Gasteiger partial charge in [-0.1, -0.05) is 12.1 Å². The van der Waals surface area contributed by atoms with Crippen molar-refractivity contribution in [1.82, 2.24) is 10.3 Å². The van der Waals surface area contributed by atoms with Crippen LogP contribution < -0.4 is 15.5 Å². The van der Waals surface area contributed by atoms with Crippen molar-refractivity contribution in [2.75, 3.05) is 23.9 Å². The Morgan fingerprint density at radius 2 is 2.07 bits per heavy atom. The smallest absolute Gasteiger partial charge is 0.250 e. The molecule has 1 saturated heterocycles. The lowest BCUT2D eigenvalue weighted by Crippen LogP contribution is -2.29. The van der Waals surface area contributed by atoms with Gasteiger partial charge in [0, 0.05) is 29.6 Å². The van der Waals surface area contributed by atoms with Gasteiger partial charge in [-0.05, 0) is 60.1 Å². The highest BCUT2D eigenvalue weighted by molar-refractivity contribution is 7.80. The summed E-state index contributed by atoms with van der Waals surface area (Å²) in [4.78, 5) is 19.6. The summed E-state index contributed by atoms with van der Waals surface area (Å²) in [5, 5.41) is 8.96. The minimum atomic E-state index is -0.190. The number of nitrogens with zero attached hydrogens (tertiary/aromatic N) is 2. The topological polar surface area (TPSA) is 66.5 Å². The van der Waals surface area contributed by atoms with E-state index < -0.39 is 0 Å². The summed E-state index contributed by atoms with van der Waals surface area (Å²) in [6.07, 6.45) is 1.80. The largest absolute Gasteiger partial charge is 0.375 e. The number of amides is 1. The number of pyridine rings is 1. The van der Waals surface area contributed by atoms with Crippen LogP contribution in [-0.2, 0) is 9.53 Å². The van der Waals surface area contributed by atoms with Crippen LogP contribution in [0.3, 0.4) is 0 Å². The van der Waals surface area contributed by atoms with E-state index in [1.165, 1.54) is 12.0 Å². The Bertz CT molecular complexity index is 978. The van der Waals surface area contributed by atoms with Crippen molar-refractivity contribution in [2.45, 2.75) is 12.1 Å². The van der Waals surface area contributed by atoms with Gasteiger partial charge in [0.1, 0.15) is 6.61 Å². The van der Waals surface area contributed by atoms with Gasteiger partial charge in [0.25, 0.3) is 0 Å². The Hall–Kier alpha value is -2.81. The van der Waals surface area contributed by atoms with Crippen LogP contribution in [0.2, 0.25) is 0 Å². The summed E-state index contributed by atoms with van der Waals surface area (Å²) < 4.78 is 4.85. The number of hydrogen-bond donors (Lipinski definition) is 2. The molecule has 0 saturated carbocycles. The van der Waals surface area contributed by atoms with Gasteiger partial charge in [0.05, 0.1) is 17.8 Å². The second kappa shape index (κ2) is 8.69. The van der Waals surface area contributed by atoms with E-state index in [1.54, 1.807) is 17.5 Å². The summed E-state index contributed by atoms with van der Waals surface area (Å²) in [7, 11) is 1.49. The van der Waals surface area contributed by atoms with Crippen molar-refractivity contribution in [3.05, 3.63) is 76.7 Å². The summed E-state index contributed by atoms with van der Waals surface area (Å²) in [5.41, 5.74) is 2.60. The van der Waals surface area contributed by atoms with Crippen LogP contribution in [0.25, 0.3) is 0 Å². The lowest BCUT2D eigenvalue weighted by atomic mass is 10.0. The molecule has 0 spiro atoms. The zero-order valence-corrected chi connectivity index (χ0v) is 17.4. The molecule has 3 aromatic rings. The highest BCUT2D eigenvalue weighted by Gasteiger charge is 2.41. The van der Waals surface area contributed by atoms with Crippen LogP contribution in [0.1, 0.15) is 22.7 Å². The Kier molecular flexibility index (Phi) is 5.84. The number of hydrogen-bond acceptors (Lipinski definition) is 5. The average molecular weight is 425 g/mol. The maximum Gasteiger partial charge on any atom is 0.250 e. The molecule has 2 atom stereocenters. The Morgan fingerprint density at radius 3 is 2.72 bits per heavy atom. The highest BCUT2D eigenvalue weighted by Crippen LogP contribution is 2.43. The molecule has 1 amide bonds. The van der Waals surface area contributed by atoms with Crippen molar-refractivity contribution >= 4 is 45.9 Å². The van der Waals surface area contributed by atoms with E-state index in [2.05, 4.69) is 32.0 Å². The third-order valence-corrected chi connectivity index (χ3v) is 5.89. The number of rotatable bonds is 6. The van der Waals surface area contributed by atoms with Gasteiger partial charge in [-0.15, -0.1) is 11.3 Å². The standard InChI is InChI=1S/C21H20N4O2S2/c1-27-13-18(26)23-14-7-9-15(10-8-14)25-20(17-6-4-12-29-17)19(24-21(25)28)16-5-2-3-11-22-16/h2-12,19-20H,13H2,1H3,(H,23,26)(H,24,28)/t19-,20+/m1/s1. The maximum atomic E-state index is 11.7. The van der Waals surface area contributed by atoms with Crippen molar-refractivity contribution in [1.29, 1.82) is 0 Å². The summed E-state index contributed by atoms with van der Waals surface area (Å²) in [6, 6.07) is 17.7. The lowest BCUT2D eigenvalue weighted by Gasteiger charge is -2.27. The molecule has 1 fully saturated rings. The minimum absolute atomic E-state index is 0.00803. The highest BCUT2D eigenvalue weighted by atomic mass is 32.1. The van der Waals surface area contributed by atoms with Gasteiger partial charge in [-0.2, -0.15) is 0 Å². The molecule has 148 valence electrons. The number of thiophene rings is 1. The zero-order valence-electron chi connectivity index (χ0n) is 15.7. The Morgan fingerprint density at radius 1 is 1.24 bits per heavy atom. The van der Waals surface area contributed by atoms with E-state index in [0.29, 0.717) is 10.8 Å². The number of methoxy groups -OCH3 is 1. The quantitative estimate of drug-likeness (QED) is 0.585. The molecule has 0 radical (unpaired) electrons. The molecule has 29 heavy (non-hydrogen) atoms. The molecule has 0 bridgehead atoms. The van der Waals surface area contributed by atoms with Crippen molar-refractivity contribution in [3.63, 3.8) is 0 Å². The Labute approximate surface area is 178 Å². The fourth-order valence-electron chi connectivity index (χ4n) is 3.41. The van der Waals surface area contributed by atoms with Crippen molar-refractivity contribution in [3.8, 4) is 0 Å². The third kappa shape index (κ3) is 4.14. The van der Waals surface area contributed by atoms with Gasteiger partial charge >= 0.3 is 0 Å². The SMILES string of the molecule is COCC(=O)Nc1ccc(N2C(=S)N[C@H](c3ccccn3)[C@@H]2c2cccs2)cc1. The lowest BCUT2D eigenvalue weighted by molar-refractivity contribution is -0.119.